The summed E-state index contributed by atoms with van der Waals surface area (Å²) in [6, 6.07) is 0. The van der Waals surface area contributed by atoms with Gasteiger partial charge in [0, 0.05) is 12.8 Å². The van der Waals surface area contributed by atoms with Crippen molar-refractivity contribution >= 4 is 5.78 Å². The Morgan fingerprint density at radius 2 is 1.87 bits per heavy atom. The minimum Gasteiger partial charge on any atom is -0.383 e. The van der Waals surface area contributed by atoms with Crippen LogP contribution in [0.1, 0.15) is 45.4 Å². The van der Waals surface area contributed by atoms with Crippen LogP contribution in [0.15, 0.2) is 0 Å². The Balaban J connectivity index is 3.65. The van der Waals surface area contributed by atoms with Gasteiger partial charge < -0.3 is 5.11 Å². The summed E-state index contributed by atoms with van der Waals surface area (Å²) in [5, 5.41) is 8.61. The molecule has 1 N–H and O–H groups in total. The first kappa shape index (κ1) is 14.4. The first-order valence-corrected chi connectivity index (χ1v) is 5.14. The molecule has 0 aliphatic heterocycles. The largest absolute Gasteiger partial charge is 0.414 e. The van der Waals surface area contributed by atoms with Crippen LogP contribution in [0.4, 0.5) is 13.2 Å². The molecule has 0 aromatic heterocycles. The maximum absolute atomic E-state index is 11.9. The highest BCUT2D eigenvalue weighted by atomic mass is 19.4. The van der Waals surface area contributed by atoms with Crippen LogP contribution in [-0.2, 0) is 4.79 Å². The number of carbonyl (C=O) groups excluding carboxylic acids is 1. The molecule has 0 spiro atoms. The molecule has 90 valence electrons. The number of alkyl halides is 3. The number of ketones is 1. The zero-order valence-corrected chi connectivity index (χ0v) is 8.81. The zero-order valence-electron chi connectivity index (χ0n) is 8.81. The standard InChI is InChI=1S/C10H17F3O2/c1-2-3-4-5-6-8(14)7-9(15)10(11,12)13/h9,15H,2-7H2,1H3. The van der Waals surface area contributed by atoms with E-state index in [0.717, 1.165) is 19.3 Å². The third-order valence-electron chi connectivity index (χ3n) is 2.11. The molecule has 0 radical (unpaired) electrons. The van der Waals surface area contributed by atoms with E-state index in [1.807, 2.05) is 6.92 Å². The molecular weight excluding hydrogens is 209 g/mol. The average molecular weight is 226 g/mol. The molecule has 1 unspecified atom stereocenters. The molecule has 0 aliphatic carbocycles. The van der Waals surface area contributed by atoms with Crippen molar-refractivity contribution in [2.45, 2.75) is 57.7 Å². The lowest BCUT2D eigenvalue weighted by atomic mass is 10.1. The number of aliphatic hydroxyl groups is 1. The SMILES string of the molecule is CCCCCCC(=O)CC(O)C(F)(F)F. The molecule has 0 saturated heterocycles. The van der Waals surface area contributed by atoms with Crippen molar-refractivity contribution < 1.29 is 23.1 Å². The Bertz CT molecular complexity index is 190. The van der Waals surface area contributed by atoms with E-state index >= 15 is 0 Å². The van der Waals surface area contributed by atoms with Crippen LogP contribution in [0, 0.1) is 0 Å². The molecule has 0 rings (SSSR count). The van der Waals surface area contributed by atoms with Gasteiger partial charge in [-0.3, -0.25) is 4.79 Å². The number of unbranched alkanes of at least 4 members (excludes halogenated alkanes) is 3. The molecule has 0 fully saturated rings. The molecular formula is C10H17F3O2. The van der Waals surface area contributed by atoms with Gasteiger partial charge in [0.15, 0.2) is 6.10 Å². The summed E-state index contributed by atoms with van der Waals surface area (Å²) < 4.78 is 35.6. The average Bonchev–Trinajstić information content (AvgIpc) is 2.11. The second-order valence-corrected chi connectivity index (χ2v) is 3.61. The third kappa shape index (κ3) is 7.36. The van der Waals surface area contributed by atoms with Crippen LogP contribution in [0.3, 0.4) is 0 Å². The van der Waals surface area contributed by atoms with Crippen molar-refractivity contribution in [2.24, 2.45) is 0 Å². The molecule has 15 heavy (non-hydrogen) atoms. The van der Waals surface area contributed by atoms with Gasteiger partial charge in [-0.05, 0) is 6.42 Å². The second-order valence-electron chi connectivity index (χ2n) is 3.61. The van der Waals surface area contributed by atoms with E-state index in [2.05, 4.69) is 0 Å². The van der Waals surface area contributed by atoms with Crippen LogP contribution >= 0.6 is 0 Å². The minimum absolute atomic E-state index is 0.132. The molecule has 5 heteroatoms. The Kier molecular flexibility index (Phi) is 6.56. The predicted octanol–water partition coefficient (Wildman–Crippen LogP) is 2.84. The first-order chi connectivity index (χ1) is 6.88. The van der Waals surface area contributed by atoms with Crippen molar-refractivity contribution in [3.8, 4) is 0 Å². The second kappa shape index (κ2) is 6.82. The predicted molar refractivity (Wildman–Crippen MR) is 50.4 cm³/mol. The number of hydrogen-bond donors (Lipinski definition) is 1. The minimum atomic E-state index is -4.68. The van der Waals surface area contributed by atoms with Crippen molar-refractivity contribution in [2.75, 3.05) is 0 Å². The normalized spacial score (nSPS) is 13.9. The number of aliphatic hydroxyl groups excluding tert-OH is 1. The summed E-state index contributed by atoms with van der Waals surface area (Å²) in [5.74, 6) is -0.518. The van der Waals surface area contributed by atoms with Crippen molar-refractivity contribution in [3.05, 3.63) is 0 Å². The number of carbonyl (C=O) groups is 1. The van der Waals surface area contributed by atoms with Crippen molar-refractivity contribution in [1.82, 2.24) is 0 Å². The van der Waals surface area contributed by atoms with Crippen LogP contribution in [0.5, 0.6) is 0 Å². The van der Waals surface area contributed by atoms with Gasteiger partial charge in [0.25, 0.3) is 0 Å². The van der Waals surface area contributed by atoms with Gasteiger partial charge in [0.2, 0.25) is 0 Å². The lowest BCUT2D eigenvalue weighted by Gasteiger charge is -2.13. The van der Waals surface area contributed by atoms with Crippen LogP contribution in [-0.4, -0.2) is 23.2 Å². The van der Waals surface area contributed by atoms with Gasteiger partial charge >= 0.3 is 6.18 Å². The van der Waals surface area contributed by atoms with Crippen LogP contribution in [0.25, 0.3) is 0 Å². The fourth-order valence-corrected chi connectivity index (χ4v) is 1.18. The van der Waals surface area contributed by atoms with Crippen LogP contribution < -0.4 is 0 Å². The van der Waals surface area contributed by atoms with Gasteiger partial charge in [0.1, 0.15) is 5.78 Å². The number of halogens is 3. The van der Waals surface area contributed by atoms with Crippen molar-refractivity contribution in [3.63, 3.8) is 0 Å². The topological polar surface area (TPSA) is 37.3 Å². The Hall–Kier alpha value is -0.580. The first-order valence-electron chi connectivity index (χ1n) is 5.14. The van der Waals surface area contributed by atoms with Gasteiger partial charge in [-0.2, -0.15) is 13.2 Å². The Morgan fingerprint density at radius 3 is 2.33 bits per heavy atom. The Labute approximate surface area is 87.5 Å². The van der Waals surface area contributed by atoms with E-state index < -0.39 is 24.5 Å². The molecule has 0 aliphatic rings. The summed E-state index contributed by atoms with van der Waals surface area (Å²) in [6.45, 7) is 2.01. The smallest absolute Gasteiger partial charge is 0.383 e. The monoisotopic (exact) mass is 226 g/mol. The van der Waals surface area contributed by atoms with E-state index in [1.54, 1.807) is 0 Å². The number of rotatable bonds is 7. The van der Waals surface area contributed by atoms with E-state index in [4.69, 9.17) is 5.11 Å². The quantitative estimate of drug-likeness (QED) is 0.678. The van der Waals surface area contributed by atoms with Gasteiger partial charge in [-0.1, -0.05) is 26.2 Å². The molecule has 0 saturated carbocycles. The van der Waals surface area contributed by atoms with E-state index in [0.29, 0.717) is 6.42 Å². The van der Waals surface area contributed by atoms with Gasteiger partial charge in [0.05, 0.1) is 0 Å². The molecule has 0 amide bonds. The fourth-order valence-electron chi connectivity index (χ4n) is 1.18. The maximum atomic E-state index is 11.9. The molecule has 0 aromatic carbocycles. The van der Waals surface area contributed by atoms with Crippen molar-refractivity contribution in [1.29, 1.82) is 0 Å². The highest BCUT2D eigenvalue weighted by Gasteiger charge is 2.39. The highest BCUT2D eigenvalue weighted by Crippen LogP contribution is 2.23. The summed E-state index contributed by atoms with van der Waals surface area (Å²) in [6.07, 6.45) is -4.41. The summed E-state index contributed by atoms with van der Waals surface area (Å²) in [7, 11) is 0. The van der Waals surface area contributed by atoms with E-state index in [-0.39, 0.29) is 6.42 Å². The van der Waals surface area contributed by atoms with E-state index in [1.165, 1.54) is 0 Å². The highest BCUT2D eigenvalue weighted by molar-refractivity contribution is 5.78. The Morgan fingerprint density at radius 1 is 1.27 bits per heavy atom. The zero-order chi connectivity index (χ0) is 11.9. The molecule has 0 aromatic rings. The lowest BCUT2D eigenvalue weighted by molar-refractivity contribution is -0.205. The van der Waals surface area contributed by atoms with Gasteiger partial charge in [-0.25, -0.2) is 0 Å². The molecule has 0 heterocycles. The molecule has 1 atom stereocenters. The number of hydrogen-bond acceptors (Lipinski definition) is 2. The van der Waals surface area contributed by atoms with Gasteiger partial charge in [-0.15, -0.1) is 0 Å². The summed E-state index contributed by atoms with van der Waals surface area (Å²) in [4.78, 5) is 11.0. The molecule has 2 nitrogen and oxygen atoms in total. The summed E-state index contributed by atoms with van der Waals surface area (Å²) >= 11 is 0. The molecule has 0 bridgehead atoms. The maximum Gasteiger partial charge on any atom is 0.414 e. The van der Waals surface area contributed by atoms with Crippen LogP contribution in [0.2, 0.25) is 0 Å². The third-order valence-corrected chi connectivity index (χ3v) is 2.11. The van der Waals surface area contributed by atoms with E-state index in [9.17, 15) is 18.0 Å². The summed E-state index contributed by atoms with van der Waals surface area (Å²) in [5.41, 5.74) is 0. The fraction of sp³-hybridized carbons (Fsp3) is 0.900. The lowest BCUT2D eigenvalue weighted by Crippen LogP contribution is -2.30. The number of Topliss-reactive ketones (excluding diaryl/α,β-unsaturated/α-hetero) is 1.